The van der Waals surface area contributed by atoms with Gasteiger partial charge in [-0.3, -0.25) is 0 Å². The average molecular weight is 247 g/mol. The van der Waals surface area contributed by atoms with E-state index in [1.807, 2.05) is 18.2 Å². The largest absolute Gasteiger partial charge is 0.323 e. The van der Waals surface area contributed by atoms with Crippen molar-refractivity contribution in [2.24, 2.45) is 0 Å². The topological polar surface area (TPSA) is 0 Å². The Bertz CT molecular complexity index is 345. The summed E-state index contributed by atoms with van der Waals surface area (Å²) in [5.41, 5.74) is 1.23. The van der Waals surface area contributed by atoms with E-state index in [1.54, 1.807) is 0 Å². The van der Waals surface area contributed by atoms with Crippen LogP contribution in [0.1, 0.15) is 19.4 Å². The maximum absolute atomic E-state index is 5.98. The zero-order chi connectivity index (χ0) is 11.6. The van der Waals surface area contributed by atoms with Crippen molar-refractivity contribution in [2.75, 3.05) is 14.1 Å². The molecule has 0 bridgehead atoms. The van der Waals surface area contributed by atoms with Gasteiger partial charge in [0.05, 0.1) is 30.2 Å². The van der Waals surface area contributed by atoms with Crippen LogP contribution < -0.4 is 0 Å². The molecule has 0 radical (unpaired) electrons. The van der Waals surface area contributed by atoms with Gasteiger partial charge in [-0.25, -0.2) is 0 Å². The minimum absolute atomic E-state index is 0.583. The Morgan fingerprint density at radius 2 is 1.73 bits per heavy atom. The van der Waals surface area contributed by atoms with Crippen molar-refractivity contribution in [3.8, 4) is 0 Å². The molecule has 0 heterocycles. The molecule has 0 fully saturated rings. The minimum Gasteiger partial charge on any atom is -0.323 e. The van der Waals surface area contributed by atoms with Crippen LogP contribution in [0.25, 0.3) is 0 Å². The van der Waals surface area contributed by atoms with Gasteiger partial charge in [0.2, 0.25) is 0 Å². The predicted octanol–water partition coefficient (Wildman–Crippen LogP) is 3.98. The summed E-state index contributed by atoms with van der Waals surface area (Å²) in [7, 11) is 4.43. The molecular formula is C12H18Cl2N+. The molecule has 1 aromatic carbocycles. The van der Waals surface area contributed by atoms with Crippen molar-refractivity contribution in [1.29, 1.82) is 0 Å². The van der Waals surface area contributed by atoms with Gasteiger partial charge in [0.15, 0.2) is 0 Å². The first kappa shape index (κ1) is 12.8. The molecule has 0 atom stereocenters. The molecule has 0 saturated carbocycles. The molecule has 1 nitrogen and oxygen atoms in total. The summed E-state index contributed by atoms with van der Waals surface area (Å²) in [6.45, 7) is 5.41. The quantitative estimate of drug-likeness (QED) is 0.709. The highest BCUT2D eigenvalue weighted by molar-refractivity contribution is 6.41. The fourth-order valence-electron chi connectivity index (χ4n) is 1.29. The first-order valence-corrected chi connectivity index (χ1v) is 5.85. The molecule has 15 heavy (non-hydrogen) atoms. The third kappa shape index (κ3) is 3.37. The molecule has 0 amide bonds. The third-order valence-corrected chi connectivity index (χ3v) is 3.71. The van der Waals surface area contributed by atoms with Crippen molar-refractivity contribution in [2.45, 2.75) is 26.4 Å². The number of nitrogens with zero attached hydrogens (tertiary/aromatic N) is 1. The van der Waals surface area contributed by atoms with E-state index in [2.05, 4.69) is 27.9 Å². The van der Waals surface area contributed by atoms with Crippen LogP contribution in [0.4, 0.5) is 0 Å². The average Bonchev–Trinajstić information content (AvgIpc) is 2.10. The van der Waals surface area contributed by atoms with Crippen LogP contribution in [0.5, 0.6) is 0 Å². The van der Waals surface area contributed by atoms with E-state index >= 15 is 0 Å². The van der Waals surface area contributed by atoms with Gasteiger partial charge in [-0.15, -0.1) is 0 Å². The van der Waals surface area contributed by atoms with Crippen LogP contribution in [0.3, 0.4) is 0 Å². The Hall–Kier alpha value is -0.240. The van der Waals surface area contributed by atoms with E-state index in [4.69, 9.17) is 23.2 Å². The molecule has 0 unspecified atom stereocenters. The molecule has 0 aliphatic rings. The lowest BCUT2D eigenvalue weighted by atomic mass is 10.1. The summed E-state index contributed by atoms with van der Waals surface area (Å²) >= 11 is 11.9. The van der Waals surface area contributed by atoms with E-state index in [0.717, 1.165) is 11.0 Å². The number of benzene rings is 1. The molecule has 84 valence electrons. The first-order valence-electron chi connectivity index (χ1n) is 5.09. The van der Waals surface area contributed by atoms with E-state index in [0.29, 0.717) is 16.1 Å². The zero-order valence-electron chi connectivity index (χ0n) is 9.72. The second-order valence-electron chi connectivity index (χ2n) is 4.78. The lowest BCUT2D eigenvalue weighted by Crippen LogP contribution is -2.44. The summed E-state index contributed by atoms with van der Waals surface area (Å²) in [4.78, 5) is 0. The Morgan fingerprint density at radius 3 is 2.20 bits per heavy atom. The van der Waals surface area contributed by atoms with E-state index in [9.17, 15) is 0 Å². The van der Waals surface area contributed by atoms with E-state index in [-0.39, 0.29) is 0 Å². The Morgan fingerprint density at radius 1 is 1.13 bits per heavy atom. The first-order chi connectivity index (χ1) is 6.83. The molecule has 0 saturated heterocycles. The fraction of sp³-hybridized carbons (Fsp3) is 0.500. The number of hydrogen-bond acceptors (Lipinski definition) is 0. The molecule has 0 aromatic heterocycles. The summed E-state index contributed by atoms with van der Waals surface area (Å²) in [5.74, 6) is 0. The van der Waals surface area contributed by atoms with Gasteiger partial charge >= 0.3 is 0 Å². The maximum Gasteiger partial charge on any atom is 0.104 e. The molecule has 1 aromatic rings. The van der Waals surface area contributed by atoms with E-state index in [1.165, 1.54) is 5.56 Å². The summed E-state index contributed by atoms with van der Waals surface area (Å²) in [6, 6.07) is 6.43. The van der Waals surface area contributed by atoms with Crippen LogP contribution >= 0.6 is 23.2 Å². The monoisotopic (exact) mass is 246 g/mol. The van der Waals surface area contributed by atoms with E-state index < -0.39 is 0 Å². The smallest absolute Gasteiger partial charge is 0.104 e. The van der Waals surface area contributed by atoms with Crippen molar-refractivity contribution in [1.82, 2.24) is 0 Å². The van der Waals surface area contributed by atoms with Crippen molar-refractivity contribution in [3.05, 3.63) is 33.8 Å². The lowest BCUT2D eigenvalue weighted by Gasteiger charge is -2.34. The molecule has 0 spiro atoms. The Labute approximate surface area is 102 Å². The fourth-order valence-corrected chi connectivity index (χ4v) is 1.61. The second kappa shape index (κ2) is 4.73. The lowest BCUT2D eigenvalue weighted by molar-refractivity contribution is -0.924. The van der Waals surface area contributed by atoms with Crippen LogP contribution in [0.15, 0.2) is 18.2 Å². The highest BCUT2D eigenvalue weighted by atomic mass is 35.5. The maximum atomic E-state index is 5.98. The minimum atomic E-state index is 0.583. The van der Waals surface area contributed by atoms with Crippen LogP contribution in [0, 0.1) is 0 Å². The van der Waals surface area contributed by atoms with Crippen LogP contribution in [-0.4, -0.2) is 24.6 Å². The van der Waals surface area contributed by atoms with Gasteiger partial charge in [-0.05, 0) is 26.0 Å². The highest BCUT2D eigenvalue weighted by Crippen LogP contribution is 2.24. The third-order valence-electron chi connectivity index (χ3n) is 2.97. The summed E-state index contributed by atoms with van der Waals surface area (Å²) in [6.07, 6.45) is 0. The van der Waals surface area contributed by atoms with Gasteiger partial charge in [0.1, 0.15) is 6.54 Å². The number of halogens is 2. The van der Waals surface area contributed by atoms with Crippen molar-refractivity contribution in [3.63, 3.8) is 0 Å². The Balaban J connectivity index is 2.86. The summed E-state index contributed by atoms with van der Waals surface area (Å²) in [5, 5.41) is 1.26. The number of quaternary nitrogens is 1. The van der Waals surface area contributed by atoms with Crippen LogP contribution in [-0.2, 0) is 6.54 Å². The van der Waals surface area contributed by atoms with Crippen molar-refractivity contribution >= 4 is 23.2 Å². The van der Waals surface area contributed by atoms with Gasteiger partial charge < -0.3 is 4.48 Å². The molecular weight excluding hydrogens is 229 g/mol. The SMILES string of the molecule is CC(C)[N+](C)(C)Cc1ccc(Cl)c(Cl)c1. The van der Waals surface area contributed by atoms with Crippen LogP contribution in [0.2, 0.25) is 10.0 Å². The van der Waals surface area contributed by atoms with Gasteiger partial charge in [-0.2, -0.15) is 0 Å². The van der Waals surface area contributed by atoms with Crippen molar-refractivity contribution < 1.29 is 4.48 Å². The second-order valence-corrected chi connectivity index (χ2v) is 5.59. The number of hydrogen-bond donors (Lipinski definition) is 0. The molecule has 3 heteroatoms. The Kier molecular flexibility index (Phi) is 4.05. The zero-order valence-corrected chi connectivity index (χ0v) is 11.2. The standard InChI is InChI=1S/C12H18Cl2N/c1-9(2)15(3,4)8-10-5-6-11(13)12(14)7-10/h5-7,9H,8H2,1-4H3/q+1. The van der Waals surface area contributed by atoms with Gasteiger partial charge in [-0.1, -0.05) is 29.3 Å². The molecule has 1 rings (SSSR count). The summed E-state index contributed by atoms with van der Waals surface area (Å²) < 4.78 is 0.942. The molecule has 0 aliphatic carbocycles. The molecule has 0 N–H and O–H groups in total. The van der Waals surface area contributed by atoms with Gasteiger partial charge in [0, 0.05) is 5.56 Å². The molecule has 0 aliphatic heterocycles. The normalized spacial score (nSPS) is 12.2. The highest BCUT2D eigenvalue weighted by Gasteiger charge is 2.20. The number of rotatable bonds is 3. The van der Waals surface area contributed by atoms with Gasteiger partial charge in [0.25, 0.3) is 0 Å². The predicted molar refractivity (Wildman–Crippen MR) is 67.4 cm³/mol.